The van der Waals surface area contributed by atoms with E-state index in [0.29, 0.717) is 5.02 Å². The zero-order chi connectivity index (χ0) is 16.2. The number of carboxylic acids is 1. The highest BCUT2D eigenvalue weighted by Gasteiger charge is 2.07. The molecule has 0 heterocycles. The molecule has 114 valence electrons. The molecule has 3 aromatic carbocycles. The van der Waals surface area contributed by atoms with Crippen molar-refractivity contribution in [3.05, 3.63) is 83.4 Å². The van der Waals surface area contributed by atoms with Crippen LogP contribution in [0.3, 0.4) is 0 Å². The first-order valence-corrected chi connectivity index (χ1v) is 7.46. The Kier molecular flexibility index (Phi) is 4.31. The molecule has 4 heteroatoms. The van der Waals surface area contributed by atoms with Crippen molar-refractivity contribution >= 4 is 28.9 Å². The Morgan fingerprint density at radius 2 is 1.65 bits per heavy atom. The van der Waals surface area contributed by atoms with Gasteiger partial charge in [0.2, 0.25) is 0 Å². The Labute approximate surface area is 139 Å². The molecule has 0 spiro atoms. The van der Waals surface area contributed by atoms with Gasteiger partial charge >= 0.3 is 5.97 Å². The zero-order valence-corrected chi connectivity index (χ0v) is 12.9. The molecule has 0 aliphatic rings. The van der Waals surface area contributed by atoms with Crippen LogP contribution in [0.5, 0.6) is 0 Å². The summed E-state index contributed by atoms with van der Waals surface area (Å²) < 4.78 is 0. The summed E-state index contributed by atoms with van der Waals surface area (Å²) in [5, 5.41) is 13.0. The van der Waals surface area contributed by atoms with Gasteiger partial charge in [0, 0.05) is 22.0 Å². The number of rotatable bonds is 4. The van der Waals surface area contributed by atoms with Crippen molar-refractivity contribution in [1.82, 2.24) is 0 Å². The largest absolute Gasteiger partial charge is 0.478 e. The van der Waals surface area contributed by atoms with E-state index >= 15 is 0 Å². The minimum absolute atomic E-state index is 0.272. The number of anilines is 2. The van der Waals surface area contributed by atoms with Crippen molar-refractivity contribution in [2.75, 3.05) is 5.32 Å². The van der Waals surface area contributed by atoms with Crippen LogP contribution in [-0.4, -0.2) is 11.1 Å². The standard InChI is InChI=1S/C19H14ClNO2/c20-15-4-3-5-16(12-15)21-18-7-2-1-6-17(18)13-8-10-14(11-9-13)19(22)23/h1-12,21H,(H,22,23). The van der Waals surface area contributed by atoms with E-state index in [2.05, 4.69) is 5.32 Å². The number of benzene rings is 3. The first-order chi connectivity index (χ1) is 11.1. The van der Waals surface area contributed by atoms with E-state index in [9.17, 15) is 4.79 Å². The fourth-order valence-corrected chi connectivity index (χ4v) is 2.55. The number of halogens is 1. The third-order valence-corrected chi connectivity index (χ3v) is 3.71. The van der Waals surface area contributed by atoms with Crippen molar-refractivity contribution in [3.8, 4) is 11.1 Å². The topological polar surface area (TPSA) is 49.3 Å². The van der Waals surface area contributed by atoms with Gasteiger partial charge < -0.3 is 10.4 Å². The van der Waals surface area contributed by atoms with Crippen molar-refractivity contribution in [2.24, 2.45) is 0 Å². The van der Waals surface area contributed by atoms with Crippen LogP contribution in [0.1, 0.15) is 10.4 Å². The number of aromatic carboxylic acids is 1. The molecule has 0 aromatic heterocycles. The third-order valence-electron chi connectivity index (χ3n) is 3.47. The molecule has 0 radical (unpaired) electrons. The summed E-state index contributed by atoms with van der Waals surface area (Å²) >= 11 is 6.02. The minimum atomic E-state index is -0.929. The summed E-state index contributed by atoms with van der Waals surface area (Å²) in [4.78, 5) is 11.0. The molecule has 3 rings (SSSR count). The molecule has 3 aromatic rings. The quantitative estimate of drug-likeness (QED) is 0.671. The van der Waals surface area contributed by atoms with Crippen molar-refractivity contribution < 1.29 is 9.90 Å². The molecule has 0 fully saturated rings. The summed E-state index contributed by atoms with van der Waals surface area (Å²) in [5.41, 5.74) is 4.03. The molecule has 0 aliphatic heterocycles. The van der Waals surface area contributed by atoms with Crippen LogP contribution in [0.15, 0.2) is 72.8 Å². The molecule has 2 N–H and O–H groups in total. The van der Waals surface area contributed by atoms with Crippen molar-refractivity contribution in [1.29, 1.82) is 0 Å². The summed E-state index contributed by atoms with van der Waals surface area (Å²) in [6.45, 7) is 0. The Morgan fingerprint density at radius 1 is 0.913 bits per heavy atom. The molecule has 0 saturated carbocycles. The molecule has 0 saturated heterocycles. The monoisotopic (exact) mass is 323 g/mol. The van der Waals surface area contributed by atoms with Gasteiger partial charge in [-0.1, -0.05) is 48.0 Å². The van der Waals surface area contributed by atoms with E-state index in [0.717, 1.165) is 22.5 Å². The van der Waals surface area contributed by atoms with E-state index in [4.69, 9.17) is 16.7 Å². The van der Waals surface area contributed by atoms with Gasteiger partial charge in [0.05, 0.1) is 5.56 Å². The zero-order valence-electron chi connectivity index (χ0n) is 12.2. The van der Waals surface area contributed by atoms with E-state index < -0.39 is 5.97 Å². The Hall–Kier alpha value is -2.78. The van der Waals surface area contributed by atoms with Crippen molar-refractivity contribution in [2.45, 2.75) is 0 Å². The SMILES string of the molecule is O=C(O)c1ccc(-c2ccccc2Nc2cccc(Cl)c2)cc1. The lowest BCUT2D eigenvalue weighted by Gasteiger charge is -2.12. The maximum atomic E-state index is 11.0. The number of carboxylic acid groups (broad SMARTS) is 1. The van der Waals surface area contributed by atoms with E-state index in [1.807, 2.05) is 60.7 Å². The molecule has 0 atom stereocenters. The fraction of sp³-hybridized carbons (Fsp3) is 0. The Bertz CT molecular complexity index is 844. The molecule has 0 unspecified atom stereocenters. The predicted molar refractivity (Wildman–Crippen MR) is 93.6 cm³/mol. The van der Waals surface area contributed by atoms with Gasteiger partial charge in [-0.05, 0) is 42.0 Å². The molecule has 23 heavy (non-hydrogen) atoms. The second-order valence-corrected chi connectivity index (χ2v) is 5.50. The van der Waals surface area contributed by atoms with Crippen LogP contribution in [0, 0.1) is 0 Å². The highest BCUT2D eigenvalue weighted by Crippen LogP contribution is 2.31. The van der Waals surface area contributed by atoms with E-state index in [1.165, 1.54) is 0 Å². The minimum Gasteiger partial charge on any atom is -0.478 e. The van der Waals surface area contributed by atoms with Gasteiger partial charge in [-0.15, -0.1) is 0 Å². The third kappa shape index (κ3) is 3.52. The van der Waals surface area contributed by atoms with Gasteiger partial charge in [0.25, 0.3) is 0 Å². The molecule has 0 amide bonds. The molecular formula is C19H14ClNO2. The highest BCUT2D eigenvalue weighted by atomic mass is 35.5. The van der Waals surface area contributed by atoms with Gasteiger partial charge in [0.1, 0.15) is 0 Å². The highest BCUT2D eigenvalue weighted by molar-refractivity contribution is 6.30. The number of carbonyl (C=O) groups is 1. The smallest absolute Gasteiger partial charge is 0.335 e. The van der Waals surface area contributed by atoms with Gasteiger partial charge in [-0.25, -0.2) is 4.79 Å². The van der Waals surface area contributed by atoms with E-state index in [1.54, 1.807) is 12.1 Å². The van der Waals surface area contributed by atoms with Crippen LogP contribution in [0.4, 0.5) is 11.4 Å². The summed E-state index contributed by atoms with van der Waals surface area (Å²) in [5.74, 6) is -0.929. The molecular weight excluding hydrogens is 310 g/mol. The first kappa shape index (κ1) is 15.1. The van der Waals surface area contributed by atoms with Gasteiger partial charge in [0.15, 0.2) is 0 Å². The van der Waals surface area contributed by atoms with Crippen LogP contribution in [-0.2, 0) is 0 Å². The van der Waals surface area contributed by atoms with Crippen molar-refractivity contribution in [3.63, 3.8) is 0 Å². The van der Waals surface area contributed by atoms with Crippen LogP contribution < -0.4 is 5.32 Å². The summed E-state index contributed by atoms with van der Waals surface area (Å²) in [6, 6.07) is 22.2. The average molecular weight is 324 g/mol. The number of para-hydroxylation sites is 1. The van der Waals surface area contributed by atoms with E-state index in [-0.39, 0.29) is 5.56 Å². The first-order valence-electron chi connectivity index (χ1n) is 7.09. The second-order valence-electron chi connectivity index (χ2n) is 5.06. The Morgan fingerprint density at radius 3 is 2.35 bits per heavy atom. The molecule has 3 nitrogen and oxygen atoms in total. The number of nitrogens with one attached hydrogen (secondary N) is 1. The lowest BCUT2D eigenvalue weighted by Crippen LogP contribution is -1.96. The second kappa shape index (κ2) is 6.55. The maximum absolute atomic E-state index is 11.0. The maximum Gasteiger partial charge on any atom is 0.335 e. The predicted octanol–water partition coefficient (Wildman–Crippen LogP) is 5.45. The van der Waals surface area contributed by atoms with Gasteiger partial charge in [-0.2, -0.15) is 0 Å². The van der Waals surface area contributed by atoms with Crippen LogP contribution in [0.2, 0.25) is 5.02 Å². The van der Waals surface area contributed by atoms with Crippen LogP contribution in [0.25, 0.3) is 11.1 Å². The lowest BCUT2D eigenvalue weighted by atomic mass is 10.0. The number of hydrogen-bond acceptors (Lipinski definition) is 2. The average Bonchev–Trinajstić information content (AvgIpc) is 2.55. The summed E-state index contributed by atoms with van der Waals surface area (Å²) in [7, 11) is 0. The molecule has 0 bridgehead atoms. The number of hydrogen-bond donors (Lipinski definition) is 2. The summed E-state index contributed by atoms with van der Waals surface area (Å²) in [6.07, 6.45) is 0. The van der Waals surface area contributed by atoms with Gasteiger partial charge in [-0.3, -0.25) is 0 Å². The normalized spacial score (nSPS) is 10.3. The lowest BCUT2D eigenvalue weighted by molar-refractivity contribution is 0.0697. The Balaban J connectivity index is 1.96. The molecule has 0 aliphatic carbocycles. The van der Waals surface area contributed by atoms with Crippen LogP contribution >= 0.6 is 11.6 Å². The fourth-order valence-electron chi connectivity index (χ4n) is 2.36.